The molecular weight excluding hydrogens is 526 g/mol. The van der Waals surface area contributed by atoms with E-state index in [2.05, 4.69) is 5.32 Å². The molecule has 0 saturated carbocycles. The Morgan fingerprint density at radius 2 is 1.05 bits per heavy atom. The molecule has 0 radical (unpaired) electrons. The Balaban J connectivity index is 3.88. The summed E-state index contributed by atoms with van der Waals surface area (Å²) in [6.07, 6.45) is 5.33. The highest BCUT2D eigenvalue weighted by atomic mass is 16.5. The van der Waals surface area contributed by atoms with E-state index >= 15 is 0 Å². The van der Waals surface area contributed by atoms with Crippen molar-refractivity contribution in [3.8, 4) is 0 Å². The molecule has 0 saturated heterocycles. The Labute approximate surface area is 236 Å². The molecule has 0 atom stereocenters. The Kier molecular flexibility index (Phi) is 21.3. The van der Waals surface area contributed by atoms with Gasteiger partial charge < -0.3 is 11.1 Å². The molecule has 0 fully saturated rings. The third-order valence-electron chi connectivity index (χ3n) is 6.09. The van der Waals surface area contributed by atoms with Crippen molar-refractivity contribution in [2.24, 2.45) is 11.6 Å². The summed E-state index contributed by atoms with van der Waals surface area (Å²) in [6, 6.07) is 0. The van der Waals surface area contributed by atoms with Crippen LogP contribution in [0.1, 0.15) is 90.4 Å². The normalized spacial score (nSPS) is 10.7. The van der Waals surface area contributed by atoms with E-state index in [-0.39, 0.29) is 57.8 Å². The number of nitrogens with one attached hydrogen (secondary N) is 1. The lowest BCUT2D eigenvalue weighted by atomic mass is 10.2. The van der Waals surface area contributed by atoms with E-state index in [9.17, 15) is 39.6 Å². The van der Waals surface area contributed by atoms with Gasteiger partial charge in [-0.15, -0.1) is 0 Å². The zero-order valence-corrected chi connectivity index (χ0v) is 23.8. The molecule has 0 aliphatic rings. The molecule has 0 aromatic rings. The summed E-state index contributed by atoms with van der Waals surface area (Å²) >= 11 is 0. The Morgan fingerprint density at radius 3 is 1.60 bits per heavy atom. The van der Waals surface area contributed by atoms with Crippen LogP contribution >= 0.6 is 0 Å². The zero-order chi connectivity index (χ0) is 30.3. The quantitative estimate of drug-likeness (QED) is 0.0325. The second kappa shape index (κ2) is 22.9. The van der Waals surface area contributed by atoms with Crippen molar-refractivity contribution in [1.29, 1.82) is 0 Å². The standard InChI is InChI=1S/C25H49N7O8/c1-21(33)30(38)18-9-3-6-16-28-22(34)11-12-24(36)31(39)20-10-4-7-17-29(27)23(35)13-14-25(37)32(40)19-8-2-5-15-26/h38-40H,2-20,26-27H2,1H3,(H,28,34). The number of nitrogens with two attached hydrogens (primary N) is 2. The molecule has 0 rings (SSSR count). The molecule has 0 spiro atoms. The number of unbranched alkanes of at least 4 members (excludes halogenated alkanes) is 6. The number of rotatable bonds is 23. The lowest BCUT2D eigenvalue weighted by Crippen LogP contribution is -2.39. The van der Waals surface area contributed by atoms with Crippen molar-refractivity contribution in [3.63, 3.8) is 0 Å². The predicted molar refractivity (Wildman–Crippen MR) is 144 cm³/mol. The first-order valence-electron chi connectivity index (χ1n) is 14.0. The molecule has 0 heterocycles. The summed E-state index contributed by atoms with van der Waals surface area (Å²) < 4.78 is 0. The van der Waals surface area contributed by atoms with Crippen molar-refractivity contribution in [1.82, 2.24) is 25.5 Å². The molecule has 0 unspecified atom stereocenters. The minimum absolute atomic E-state index is 0.0558. The molecule has 8 N–H and O–H groups in total. The monoisotopic (exact) mass is 575 g/mol. The van der Waals surface area contributed by atoms with Gasteiger partial charge in [0.15, 0.2) is 0 Å². The Morgan fingerprint density at radius 1 is 0.600 bits per heavy atom. The maximum Gasteiger partial charge on any atom is 0.246 e. The molecule has 0 aliphatic heterocycles. The second-order valence-electron chi connectivity index (χ2n) is 9.58. The SMILES string of the molecule is CC(=O)N(O)CCCCCNC(=O)CCC(=O)N(O)CCCCCN(N)C(=O)CCC(=O)N(O)CCCCCN. The average molecular weight is 576 g/mol. The van der Waals surface area contributed by atoms with Crippen molar-refractivity contribution < 1.29 is 39.6 Å². The molecule has 0 aromatic carbocycles. The van der Waals surface area contributed by atoms with Gasteiger partial charge in [0, 0.05) is 65.3 Å². The van der Waals surface area contributed by atoms with E-state index in [0.29, 0.717) is 73.2 Å². The van der Waals surface area contributed by atoms with Gasteiger partial charge in [-0.25, -0.2) is 21.0 Å². The van der Waals surface area contributed by atoms with Gasteiger partial charge in [-0.3, -0.25) is 44.6 Å². The third kappa shape index (κ3) is 19.2. The maximum atomic E-state index is 12.1. The fraction of sp³-hybridized carbons (Fsp3) is 0.800. The van der Waals surface area contributed by atoms with E-state index < -0.39 is 23.6 Å². The van der Waals surface area contributed by atoms with Crippen LogP contribution in [0.4, 0.5) is 0 Å². The molecule has 0 bridgehead atoms. The largest absolute Gasteiger partial charge is 0.356 e. The van der Waals surface area contributed by atoms with E-state index in [1.54, 1.807) is 0 Å². The third-order valence-corrected chi connectivity index (χ3v) is 6.09. The van der Waals surface area contributed by atoms with Gasteiger partial charge in [-0.2, -0.15) is 0 Å². The highest BCUT2D eigenvalue weighted by Gasteiger charge is 2.16. The number of hydrogen-bond acceptors (Lipinski definition) is 10. The molecule has 232 valence electrons. The Hall–Kier alpha value is -2.85. The predicted octanol–water partition coefficient (Wildman–Crippen LogP) is 0.508. The average Bonchev–Trinajstić information content (AvgIpc) is 2.93. The lowest BCUT2D eigenvalue weighted by molar-refractivity contribution is -0.166. The minimum atomic E-state index is -0.569. The van der Waals surface area contributed by atoms with Crippen molar-refractivity contribution in [2.45, 2.75) is 90.4 Å². The first-order chi connectivity index (χ1) is 19.0. The highest BCUT2D eigenvalue weighted by Crippen LogP contribution is 2.05. The molecule has 5 amide bonds. The molecule has 0 aromatic heterocycles. The first-order valence-corrected chi connectivity index (χ1v) is 14.0. The summed E-state index contributed by atoms with van der Waals surface area (Å²) in [5.41, 5.74) is 5.40. The van der Waals surface area contributed by atoms with E-state index in [4.69, 9.17) is 11.6 Å². The fourth-order valence-electron chi connectivity index (χ4n) is 3.55. The first kappa shape index (κ1) is 37.1. The fourth-order valence-corrected chi connectivity index (χ4v) is 3.55. The van der Waals surface area contributed by atoms with Crippen molar-refractivity contribution >= 4 is 29.5 Å². The summed E-state index contributed by atoms with van der Waals surface area (Å²) in [7, 11) is 0. The molecule has 15 heteroatoms. The van der Waals surface area contributed by atoms with Gasteiger partial charge in [0.05, 0.1) is 0 Å². The Bertz CT molecular complexity index is 771. The topological polar surface area (TPSA) is 223 Å². The van der Waals surface area contributed by atoms with E-state index in [0.717, 1.165) is 17.9 Å². The van der Waals surface area contributed by atoms with Crippen LogP contribution in [0.5, 0.6) is 0 Å². The number of nitrogens with zero attached hydrogens (tertiary/aromatic N) is 4. The highest BCUT2D eigenvalue weighted by molar-refractivity contribution is 5.83. The number of hydroxylamine groups is 6. The zero-order valence-electron chi connectivity index (χ0n) is 23.8. The number of carbonyl (C=O) groups excluding carboxylic acids is 5. The summed E-state index contributed by atoms with van der Waals surface area (Å²) in [4.78, 5) is 58.8. The molecule has 15 nitrogen and oxygen atoms in total. The molecule has 40 heavy (non-hydrogen) atoms. The summed E-state index contributed by atoms with van der Waals surface area (Å²) in [5, 5.41) is 34.4. The van der Waals surface area contributed by atoms with Crippen LogP contribution in [0, 0.1) is 0 Å². The van der Waals surface area contributed by atoms with E-state index in [1.807, 2.05) is 0 Å². The maximum absolute atomic E-state index is 12.1. The number of carbonyl (C=O) groups is 5. The van der Waals surface area contributed by atoms with Crippen molar-refractivity contribution in [2.75, 3.05) is 39.3 Å². The van der Waals surface area contributed by atoms with Crippen LogP contribution in [0.3, 0.4) is 0 Å². The van der Waals surface area contributed by atoms with Crippen LogP contribution < -0.4 is 16.9 Å². The van der Waals surface area contributed by atoms with Gasteiger partial charge in [0.2, 0.25) is 29.5 Å². The van der Waals surface area contributed by atoms with Crippen LogP contribution in [0.2, 0.25) is 0 Å². The van der Waals surface area contributed by atoms with Crippen LogP contribution in [-0.4, -0.2) is 105 Å². The van der Waals surface area contributed by atoms with Gasteiger partial charge in [-0.1, -0.05) is 6.42 Å². The van der Waals surface area contributed by atoms with Gasteiger partial charge in [0.25, 0.3) is 0 Å². The summed E-state index contributed by atoms with van der Waals surface area (Å²) in [5.74, 6) is 3.47. The van der Waals surface area contributed by atoms with Crippen LogP contribution in [0.25, 0.3) is 0 Å². The smallest absolute Gasteiger partial charge is 0.246 e. The van der Waals surface area contributed by atoms with Crippen LogP contribution in [-0.2, 0) is 24.0 Å². The van der Waals surface area contributed by atoms with Crippen molar-refractivity contribution in [3.05, 3.63) is 0 Å². The molecular formula is C25H49N7O8. The van der Waals surface area contributed by atoms with Crippen LogP contribution in [0.15, 0.2) is 0 Å². The number of hydrogen-bond donors (Lipinski definition) is 6. The van der Waals surface area contributed by atoms with Gasteiger partial charge >= 0.3 is 0 Å². The van der Waals surface area contributed by atoms with Gasteiger partial charge in [-0.05, 0) is 57.9 Å². The van der Waals surface area contributed by atoms with Gasteiger partial charge in [0.1, 0.15) is 0 Å². The second-order valence-corrected chi connectivity index (χ2v) is 9.58. The summed E-state index contributed by atoms with van der Waals surface area (Å²) in [6.45, 7) is 2.97. The lowest BCUT2D eigenvalue weighted by Gasteiger charge is -2.18. The minimum Gasteiger partial charge on any atom is -0.356 e. The number of amides is 5. The number of hydrazine groups is 1. The van der Waals surface area contributed by atoms with E-state index in [1.165, 1.54) is 6.92 Å². The molecule has 0 aliphatic carbocycles.